The highest BCUT2D eigenvalue weighted by Gasteiger charge is 2.22. The van der Waals surface area contributed by atoms with Crippen LogP contribution in [0.1, 0.15) is 47.8 Å². The minimum absolute atomic E-state index is 0.0308. The molecule has 6 heteroatoms. The van der Waals surface area contributed by atoms with Crippen LogP contribution in [-0.2, 0) is 16.6 Å². The number of aliphatic carboxylic acids is 1. The lowest BCUT2D eigenvalue weighted by molar-refractivity contribution is -0.139. The molecule has 0 saturated carbocycles. The molecule has 1 aromatic heterocycles. The van der Waals surface area contributed by atoms with E-state index in [9.17, 15) is 14.7 Å². The first-order valence-electron chi connectivity index (χ1n) is 14.0. The van der Waals surface area contributed by atoms with Gasteiger partial charge in [-0.1, -0.05) is 99.1 Å². The van der Waals surface area contributed by atoms with E-state index >= 15 is 0 Å². The predicted molar refractivity (Wildman–Crippen MR) is 167 cm³/mol. The minimum Gasteiger partial charge on any atom is -0.480 e. The van der Waals surface area contributed by atoms with Crippen molar-refractivity contribution in [3.63, 3.8) is 0 Å². The molecule has 0 spiro atoms. The summed E-state index contributed by atoms with van der Waals surface area (Å²) in [6.07, 6.45) is 3.96. The van der Waals surface area contributed by atoms with Gasteiger partial charge in [0.15, 0.2) is 0 Å². The number of hydrogen-bond donors (Lipinski definition) is 2. The molecular formula is C36H35N3O3. The van der Waals surface area contributed by atoms with E-state index in [1.807, 2.05) is 65.6 Å². The van der Waals surface area contributed by atoms with Gasteiger partial charge in [0.05, 0.1) is 11.9 Å². The van der Waals surface area contributed by atoms with Crippen LogP contribution in [0.2, 0.25) is 0 Å². The first kappa shape index (κ1) is 28.6. The molecule has 6 nitrogen and oxygen atoms in total. The summed E-state index contributed by atoms with van der Waals surface area (Å²) < 4.78 is 1.84. The van der Waals surface area contributed by atoms with Gasteiger partial charge in [0.1, 0.15) is 6.04 Å². The number of carboxylic acid groups (broad SMARTS) is 1. The third-order valence-corrected chi connectivity index (χ3v) is 7.44. The highest BCUT2D eigenvalue weighted by molar-refractivity contribution is 5.96. The summed E-state index contributed by atoms with van der Waals surface area (Å²) in [5.74, 6) is -1.48. The zero-order chi connectivity index (χ0) is 29.9. The molecule has 212 valence electrons. The summed E-state index contributed by atoms with van der Waals surface area (Å²) in [6, 6.07) is 30.7. The van der Waals surface area contributed by atoms with Crippen LogP contribution in [-0.4, -0.2) is 32.8 Å². The van der Waals surface area contributed by atoms with Gasteiger partial charge in [0, 0.05) is 23.7 Å². The lowest BCUT2D eigenvalue weighted by Gasteiger charge is -2.19. The summed E-state index contributed by atoms with van der Waals surface area (Å²) in [5, 5.41) is 17.0. The molecule has 1 heterocycles. The normalized spacial score (nSPS) is 12.1. The molecule has 0 bridgehead atoms. The fourth-order valence-corrected chi connectivity index (χ4v) is 4.80. The second-order valence-corrected chi connectivity index (χ2v) is 11.7. The van der Waals surface area contributed by atoms with Gasteiger partial charge in [-0.25, -0.2) is 9.48 Å². The molecule has 0 aliphatic rings. The summed E-state index contributed by atoms with van der Waals surface area (Å²) in [6.45, 7) is 8.39. The Kier molecular flexibility index (Phi) is 8.07. The van der Waals surface area contributed by atoms with Crippen LogP contribution in [0.25, 0.3) is 27.9 Å². The number of amides is 1. The van der Waals surface area contributed by atoms with Crippen LogP contribution in [0.3, 0.4) is 0 Å². The van der Waals surface area contributed by atoms with Crippen LogP contribution in [0, 0.1) is 6.92 Å². The highest BCUT2D eigenvalue weighted by atomic mass is 16.4. The Morgan fingerprint density at radius 3 is 1.90 bits per heavy atom. The SMILES string of the molecule is Cc1ccc(-c2ccc(-n3cc(-c4ccc(C[C@H](NC(=O)c5ccc(C(C)(C)C)cc5)C(=O)O)cc4)cn3)cc2)cc1. The number of benzene rings is 4. The first-order chi connectivity index (χ1) is 20.1. The van der Waals surface area contributed by atoms with Crippen LogP contribution in [0.4, 0.5) is 0 Å². The first-order valence-corrected chi connectivity index (χ1v) is 14.0. The summed E-state index contributed by atoms with van der Waals surface area (Å²) in [4.78, 5) is 24.8. The number of rotatable bonds is 8. The summed E-state index contributed by atoms with van der Waals surface area (Å²) in [5.41, 5.74) is 8.76. The maximum absolute atomic E-state index is 12.8. The molecule has 4 aromatic carbocycles. The van der Waals surface area contributed by atoms with Crippen molar-refractivity contribution in [1.29, 1.82) is 0 Å². The number of nitrogens with zero attached hydrogens (tertiary/aromatic N) is 2. The van der Waals surface area contributed by atoms with Crippen molar-refractivity contribution in [2.24, 2.45) is 0 Å². The largest absolute Gasteiger partial charge is 0.480 e. The molecule has 42 heavy (non-hydrogen) atoms. The van der Waals surface area contributed by atoms with E-state index in [2.05, 4.69) is 74.5 Å². The van der Waals surface area contributed by atoms with Crippen molar-refractivity contribution in [2.45, 2.75) is 45.6 Å². The molecule has 0 saturated heterocycles. The number of carbonyl (C=O) groups is 2. The fraction of sp³-hybridized carbons (Fsp3) is 0.194. The maximum atomic E-state index is 12.8. The van der Waals surface area contributed by atoms with E-state index in [1.54, 1.807) is 12.1 Å². The third-order valence-electron chi connectivity index (χ3n) is 7.44. The second kappa shape index (κ2) is 11.9. The monoisotopic (exact) mass is 557 g/mol. The van der Waals surface area contributed by atoms with Gasteiger partial charge in [0.25, 0.3) is 5.91 Å². The highest BCUT2D eigenvalue weighted by Crippen LogP contribution is 2.25. The van der Waals surface area contributed by atoms with Gasteiger partial charge >= 0.3 is 5.97 Å². The molecule has 5 rings (SSSR count). The molecule has 1 atom stereocenters. The Bertz CT molecular complexity index is 1680. The Morgan fingerprint density at radius 1 is 0.786 bits per heavy atom. The van der Waals surface area contributed by atoms with Crippen molar-refractivity contribution < 1.29 is 14.7 Å². The number of aryl methyl sites for hydroxylation is 1. The summed E-state index contributed by atoms with van der Waals surface area (Å²) in [7, 11) is 0. The Hall–Kier alpha value is -4.97. The number of aromatic nitrogens is 2. The van der Waals surface area contributed by atoms with E-state index in [4.69, 9.17) is 0 Å². The van der Waals surface area contributed by atoms with Crippen molar-refractivity contribution in [3.05, 3.63) is 132 Å². The number of carbonyl (C=O) groups excluding carboxylic acids is 1. The Labute approximate surface area is 246 Å². The average Bonchev–Trinajstić information content (AvgIpc) is 3.48. The standard InChI is InChI=1S/C36H35N3O3/c1-24-5-9-26(10-6-24)27-15-19-32(20-16-27)39-23-30(22-37-39)28-11-7-25(8-12-28)21-33(35(41)42)38-34(40)29-13-17-31(18-14-29)36(2,3)4/h5-20,22-23,33H,21H2,1-4H3,(H,38,40)(H,41,42)/t33-/m0/s1. The zero-order valence-corrected chi connectivity index (χ0v) is 24.3. The van der Waals surface area contributed by atoms with Crippen molar-refractivity contribution in [2.75, 3.05) is 0 Å². The van der Waals surface area contributed by atoms with E-state index in [-0.39, 0.29) is 11.8 Å². The Morgan fingerprint density at radius 2 is 1.33 bits per heavy atom. The molecule has 0 unspecified atom stereocenters. The van der Waals surface area contributed by atoms with Crippen LogP contribution in [0.15, 0.2) is 109 Å². The third kappa shape index (κ3) is 6.66. The molecule has 5 aromatic rings. The summed E-state index contributed by atoms with van der Waals surface area (Å²) >= 11 is 0. The van der Waals surface area contributed by atoms with E-state index < -0.39 is 17.9 Å². The topological polar surface area (TPSA) is 84.2 Å². The van der Waals surface area contributed by atoms with Gasteiger partial charge in [-0.2, -0.15) is 5.10 Å². The maximum Gasteiger partial charge on any atom is 0.326 e. The van der Waals surface area contributed by atoms with E-state index in [0.29, 0.717) is 5.56 Å². The van der Waals surface area contributed by atoms with Crippen LogP contribution in [0.5, 0.6) is 0 Å². The molecule has 0 radical (unpaired) electrons. The van der Waals surface area contributed by atoms with Gasteiger partial charge in [-0.15, -0.1) is 0 Å². The minimum atomic E-state index is -1.08. The van der Waals surface area contributed by atoms with Gasteiger partial charge < -0.3 is 10.4 Å². The molecule has 0 aliphatic heterocycles. The number of nitrogens with one attached hydrogen (secondary N) is 1. The molecule has 1 amide bonds. The number of carboxylic acids is 1. The van der Waals surface area contributed by atoms with Gasteiger partial charge in [-0.3, -0.25) is 4.79 Å². The molecule has 0 aliphatic carbocycles. The average molecular weight is 558 g/mol. The van der Waals surface area contributed by atoms with E-state index in [0.717, 1.165) is 33.5 Å². The lowest BCUT2D eigenvalue weighted by Crippen LogP contribution is -2.42. The van der Waals surface area contributed by atoms with Gasteiger partial charge in [-0.05, 0) is 64.4 Å². The van der Waals surface area contributed by atoms with Crippen LogP contribution < -0.4 is 5.32 Å². The smallest absolute Gasteiger partial charge is 0.326 e. The quantitative estimate of drug-likeness (QED) is 0.211. The molecule has 0 fully saturated rings. The Balaban J connectivity index is 1.23. The van der Waals surface area contributed by atoms with Crippen LogP contribution >= 0.6 is 0 Å². The molecular weight excluding hydrogens is 522 g/mol. The van der Waals surface area contributed by atoms with Gasteiger partial charge in [0.2, 0.25) is 0 Å². The van der Waals surface area contributed by atoms with Crippen molar-refractivity contribution in [3.8, 4) is 27.9 Å². The zero-order valence-electron chi connectivity index (χ0n) is 24.3. The van der Waals surface area contributed by atoms with E-state index in [1.165, 1.54) is 11.1 Å². The van der Waals surface area contributed by atoms with Crippen molar-refractivity contribution in [1.82, 2.24) is 15.1 Å². The van der Waals surface area contributed by atoms with Crippen molar-refractivity contribution >= 4 is 11.9 Å². The fourth-order valence-electron chi connectivity index (χ4n) is 4.80. The molecule has 2 N–H and O–H groups in total. The predicted octanol–water partition coefficient (Wildman–Crippen LogP) is 7.24. The number of hydrogen-bond acceptors (Lipinski definition) is 3. The lowest BCUT2D eigenvalue weighted by atomic mass is 9.86. The second-order valence-electron chi connectivity index (χ2n) is 11.7.